The average Bonchev–Trinajstić information content (AvgIpc) is 3.21. The van der Waals surface area contributed by atoms with Crippen LogP contribution < -0.4 is 5.32 Å². The molecule has 0 radical (unpaired) electrons. The molecule has 0 aliphatic heterocycles. The van der Waals surface area contributed by atoms with Crippen molar-refractivity contribution in [2.24, 2.45) is 0 Å². The number of thiophene rings is 1. The second-order valence-electron chi connectivity index (χ2n) is 4.69. The molecule has 1 N–H and O–H groups in total. The van der Waals surface area contributed by atoms with Crippen molar-refractivity contribution in [2.75, 3.05) is 5.32 Å². The Balaban J connectivity index is 1.73. The van der Waals surface area contributed by atoms with Gasteiger partial charge in [0.15, 0.2) is 0 Å². The van der Waals surface area contributed by atoms with E-state index in [1.54, 1.807) is 47.0 Å². The average molecular weight is 313 g/mol. The fraction of sp³-hybridized carbons (Fsp3) is 0.125. The molecule has 3 aromatic rings. The molecule has 0 saturated carbocycles. The van der Waals surface area contributed by atoms with Gasteiger partial charge in [0.05, 0.1) is 31.2 Å². The highest BCUT2D eigenvalue weighted by atomic mass is 32.1. The molecule has 6 heteroatoms. The third-order valence-corrected chi connectivity index (χ3v) is 3.91. The summed E-state index contributed by atoms with van der Waals surface area (Å²) in [6.45, 7) is 0.946. The van der Waals surface area contributed by atoms with Crippen LogP contribution in [0.3, 0.4) is 0 Å². The zero-order valence-corrected chi connectivity index (χ0v) is 12.6. The van der Waals surface area contributed by atoms with E-state index in [4.69, 9.17) is 4.42 Å². The lowest BCUT2D eigenvalue weighted by Crippen LogP contribution is -2.33. The number of urea groups is 1. The van der Waals surface area contributed by atoms with Crippen LogP contribution in [0, 0.1) is 0 Å². The molecule has 0 bridgehead atoms. The van der Waals surface area contributed by atoms with Crippen LogP contribution in [-0.2, 0) is 13.1 Å². The largest absolute Gasteiger partial charge is 0.467 e. The topological polar surface area (TPSA) is 58.4 Å². The van der Waals surface area contributed by atoms with Crippen LogP contribution in [0.1, 0.15) is 10.6 Å². The molecule has 2 amide bonds. The third kappa shape index (κ3) is 3.73. The Kier molecular flexibility index (Phi) is 4.50. The van der Waals surface area contributed by atoms with E-state index in [0.29, 0.717) is 18.8 Å². The molecule has 3 aromatic heterocycles. The van der Waals surface area contributed by atoms with Gasteiger partial charge in [0.1, 0.15) is 5.76 Å². The fourth-order valence-electron chi connectivity index (χ4n) is 2.02. The number of rotatable bonds is 5. The molecular weight excluding hydrogens is 298 g/mol. The molecule has 0 atom stereocenters. The van der Waals surface area contributed by atoms with Crippen LogP contribution in [0.5, 0.6) is 0 Å². The van der Waals surface area contributed by atoms with Crippen molar-refractivity contribution in [2.45, 2.75) is 13.1 Å². The molecular formula is C16H15N3O2S. The lowest BCUT2D eigenvalue weighted by atomic mass is 10.3. The van der Waals surface area contributed by atoms with Crippen LogP contribution in [-0.4, -0.2) is 15.9 Å². The number of nitrogens with zero attached hydrogens (tertiary/aromatic N) is 2. The van der Waals surface area contributed by atoms with Crippen molar-refractivity contribution in [3.05, 3.63) is 71.1 Å². The van der Waals surface area contributed by atoms with Crippen molar-refractivity contribution in [3.8, 4) is 0 Å². The van der Waals surface area contributed by atoms with Crippen LogP contribution in [0.25, 0.3) is 0 Å². The van der Waals surface area contributed by atoms with Crippen molar-refractivity contribution >= 4 is 23.1 Å². The lowest BCUT2D eigenvalue weighted by Gasteiger charge is -2.21. The Morgan fingerprint density at radius 3 is 2.86 bits per heavy atom. The Bertz CT molecular complexity index is 660. The summed E-state index contributed by atoms with van der Waals surface area (Å²) in [6, 6.07) is 11.1. The molecule has 22 heavy (non-hydrogen) atoms. The Morgan fingerprint density at radius 2 is 2.18 bits per heavy atom. The SMILES string of the molecule is O=C(Nc1cccnc1)N(Cc1ccco1)Cc1cccs1. The van der Waals surface area contributed by atoms with Crippen molar-refractivity contribution < 1.29 is 9.21 Å². The molecule has 0 aromatic carbocycles. The van der Waals surface area contributed by atoms with E-state index in [1.807, 2.05) is 29.6 Å². The summed E-state index contributed by atoms with van der Waals surface area (Å²) in [4.78, 5) is 19.3. The summed E-state index contributed by atoms with van der Waals surface area (Å²) in [7, 11) is 0. The first-order valence-electron chi connectivity index (χ1n) is 6.82. The molecule has 0 spiro atoms. The van der Waals surface area contributed by atoms with Crippen molar-refractivity contribution in [1.82, 2.24) is 9.88 Å². The fourth-order valence-corrected chi connectivity index (χ4v) is 2.74. The minimum Gasteiger partial charge on any atom is -0.467 e. The minimum absolute atomic E-state index is 0.183. The molecule has 0 saturated heterocycles. The highest BCUT2D eigenvalue weighted by molar-refractivity contribution is 7.09. The summed E-state index contributed by atoms with van der Waals surface area (Å²) in [6.07, 6.45) is 4.90. The molecule has 0 aliphatic rings. The van der Waals surface area contributed by atoms with Gasteiger partial charge in [-0.3, -0.25) is 4.98 Å². The van der Waals surface area contributed by atoms with Crippen LogP contribution in [0.4, 0.5) is 10.5 Å². The second-order valence-corrected chi connectivity index (χ2v) is 5.72. The van der Waals surface area contributed by atoms with Gasteiger partial charge >= 0.3 is 6.03 Å². The first-order chi connectivity index (χ1) is 10.8. The number of carbonyl (C=O) groups excluding carboxylic acids is 1. The van der Waals surface area contributed by atoms with E-state index in [-0.39, 0.29) is 6.03 Å². The summed E-state index contributed by atoms with van der Waals surface area (Å²) in [5.41, 5.74) is 0.670. The molecule has 0 aliphatic carbocycles. The van der Waals surface area contributed by atoms with Gasteiger partial charge in [0, 0.05) is 11.1 Å². The zero-order valence-electron chi connectivity index (χ0n) is 11.8. The summed E-state index contributed by atoms with van der Waals surface area (Å²) >= 11 is 1.62. The first-order valence-corrected chi connectivity index (χ1v) is 7.70. The van der Waals surface area contributed by atoms with Gasteiger partial charge < -0.3 is 14.6 Å². The van der Waals surface area contributed by atoms with Gasteiger partial charge in [-0.1, -0.05) is 6.07 Å². The quantitative estimate of drug-likeness (QED) is 0.775. The number of nitrogens with one attached hydrogen (secondary N) is 1. The Labute approximate surface area is 132 Å². The molecule has 0 unspecified atom stereocenters. The minimum atomic E-state index is -0.183. The Morgan fingerprint density at radius 1 is 1.23 bits per heavy atom. The van der Waals surface area contributed by atoms with Gasteiger partial charge in [-0.2, -0.15) is 0 Å². The first kappa shape index (κ1) is 14.3. The monoisotopic (exact) mass is 313 g/mol. The maximum Gasteiger partial charge on any atom is 0.322 e. The summed E-state index contributed by atoms with van der Waals surface area (Å²) < 4.78 is 5.35. The van der Waals surface area contributed by atoms with Crippen molar-refractivity contribution in [1.29, 1.82) is 0 Å². The molecule has 0 fully saturated rings. The van der Waals surface area contributed by atoms with Gasteiger partial charge in [0.25, 0.3) is 0 Å². The van der Waals surface area contributed by atoms with E-state index in [0.717, 1.165) is 10.6 Å². The highest BCUT2D eigenvalue weighted by Gasteiger charge is 2.16. The summed E-state index contributed by atoms with van der Waals surface area (Å²) in [5.74, 6) is 0.748. The standard InChI is InChI=1S/C16H15N3O2S/c20-16(18-13-4-1-7-17-10-13)19(11-14-5-2-8-21-14)12-15-6-3-9-22-15/h1-10H,11-12H2,(H,18,20). The predicted octanol–water partition coefficient (Wildman–Crippen LogP) is 3.97. The van der Waals surface area contributed by atoms with Gasteiger partial charge in [-0.15, -0.1) is 11.3 Å². The number of hydrogen-bond donors (Lipinski definition) is 1. The van der Waals surface area contributed by atoms with E-state index in [1.165, 1.54) is 0 Å². The van der Waals surface area contributed by atoms with E-state index >= 15 is 0 Å². The number of anilines is 1. The number of furan rings is 1. The van der Waals surface area contributed by atoms with Gasteiger partial charge in [-0.25, -0.2) is 4.79 Å². The number of carbonyl (C=O) groups is 1. The lowest BCUT2D eigenvalue weighted by molar-refractivity contribution is 0.202. The highest BCUT2D eigenvalue weighted by Crippen LogP contribution is 2.16. The molecule has 3 heterocycles. The number of pyridine rings is 1. The maximum absolute atomic E-state index is 12.5. The normalized spacial score (nSPS) is 10.4. The van der Waals surface area contributed by atoms with Crippen LogP contribution in [0.15, 0.2) is 64.9 Å². The number of hydrogen-bond acceptors (Lipinski definition) is 4. The molecule has 5 nitrogen and oxygen atoms in total. The zero-order chi connectivity index (χ0) is 15.2. The number of amides is 2. The predicted molar refractivity (Wildman–Crippen MR) is 85.5 cm³/mol. The van der Waals surface area contributed by atoms with Gasteiger partial charge in [-0.05, 0) is 35.7 Å². The number of aromatic nitrogens is 1. The van der Waals surface area contributed by atoms with Gasteiger partial charge in [0.2, 0.25) is 0 Å². The summed E-state index contributed by atoms with van der Waals surface area (Å²) in [5, 5.41) is 4.85. The van der Waals surface area contributed by atoms with E-state index in [9.17, 15) is 4.79 Å². The van der Waals surface area contributed by atoms with Crippen LogP contribution in [0.2, 0.25) is 0 Å². The molecule has 112 valence electrons. The van der Waals surface area contributed by atoms with Crippen molar-refractivity contribution in [3.63, 3.8) is 0 Å². The Hall–Kier alpha value is -2.60. The smallest absolute Gasteiger partial charge is 0.322 e. The molecule has 3 rings (SSSR count). The van der Waals surface area contributed by atoms with E-state index < -0.39 is 0 Å². The second kappa shape index (κ2) is 6.91. The third-order valence-electron chi connectivity index (χ3n) is 3.05. The van der Waals surface area contributed by atoms with E-state index in [2.05, 4.69) is 10.3 Å². The van der Waals surface area contributed by atoms with Crippen LogP contribution >= 0.6 is 11.3 Å². The maximum atomic E-state index is 12.5.